The Morgan fingerprint density at radius 2 is 2.17 bits per heavy atom. The maximum atomic E-state index is 6.13. The third kappa shape index (κ3) is 2.34. The summed E-state index contributed by atoms with van der Waals surface area (Å²) in [6.45, 7) is 1.48. The summed E-state index contributed by atoms with van der Waals surface area (Å²) in [5, 5.41) is 6.87. The van der Waals surface area contributed by atoms with Crippen LogP contribution in [0.15, 0.2) is 28.7 Å². The standard InChI is InChI=1S/C12H10BrClN4/c13-7-2-1-3-8(4-7)16-12-17-10-6-15-5-9(10)11(14)18-12/h1-4,15H,5-6H2,(H,16,17,18). The highest BCUT2D eigenvalue weighted by Crippen LogP contribution is 2.24. The predicted molar refractivity (Wildman–Crippen MR) is 75.0 cm³/mol. The van der Waals surface area contributed by atoms with Crippen LogP contribution in [0.1, 0.15) is 11.3 Å². The Hall–Kier alpha value is -1.17. The van der Waals surface area contributed by atoms with Crippen molar-refractivity contribution < 1.29 is 0 Å². The molecular weight excluding hydrogens is 316 g/mol. The molecule has 92 valence electrons. The quantitative estimate of drug-likeness (QED) is 0.832. The molecule has 0 bridgehead atoms. The van der Waals surface area contributed by atoms with Crippen LogP contribution in [0.5, 0.6) is 0 Å². The minimum Gasteiger partial charge on any atom is -0.324 e. The number of aromatic nitrogens is 2. The first-order valence-corrected chi connectivity index (χ1v) is 6.68. The van der Waals surface area contributed by atoms with Gasteiger partial charge in [-0.25, -0.2) is 9.97 Å². The van der Waals surface area contributed by atoms with Gasteiger partial charge in [-0.1, -0.05) is 33.6 Å². The van der Waals surface area contributed by atoms with Gasteiger partial charge in [0.1, 0.15) is 5.15 Å². The van der Waals surface area contributed by atoms with Gasteiger partial charge in [-0.3, -0.25) is 0 Å². The first-order valence-electron chi connectivity index (χ1n) is 5.51. The van der Waals surface area contributed by atoms with Crippen molar-refractivity contribution in [1.29, 1.82) is 0 Å². The summed E-state index contributed by atoms with van der Waals surface area (Å²) in [6.07, 6.45) is 0. The van der Waals surface area contributed by atoms with E-state index in [1.807, 2.05) is 24.3 Å². The van der Waals surface area contributed by atoms with Crippen LogP contribution in [0, 0.1) is 0 Å². The van der Waals surface area contributed by atoms with Gasteiger partial charge >= 0.3 is 0 Å². The molecule has 1 aliphatic rings. The second-order valence-electron chi connectivity index (χ2n) is 4.00. The van der Waals surface area contributed by atoms with Crippen LogP contribution >= 0.6 is 27.5 Å². The molecule has 1 aliphatic heterocycles. The van der Waals surface area contributed by atoms with Crippen molar-refractivity contribution in [3.05, 3.63) is 45.1 Å². The molecule has 0 amide bonds. The Morgan fingerprint density at radius 1 is 1.28 bits per heavy atom. The lowest BCUT2D eigenvalue weighted by molar-refractivity contribution is 0.758. The summed E-state index contributed by atoms with van der Waals surface area (Å²) < 4.78 is 1.00. The van der Waals surface area contributed by atoms with Crippen LogP contribution in [0.4, 0.5) is 11.6 Å². The molecule has 3 rings (SSSR count). The first-order chi connectivity index (χ1) is 8.72. The SMILES string of the molecule is Clc1nc(Nc2cccc(Br)c2)nc2c1CNC2. The van der Waals surface area contributed by atoms with Gasteiger partial charge < -0.3 is 10.6 Å². The molecule has 0 saturated carbocycles. The van der Waals surface area contributed by atoms with Crippen molar-refractivity contribution in [3.8, 4) is 0 Å². The van der Waals surface area contributed by atoms with Crippen molar-refractivity contribution in [2.75, 3.05) is 5.32 Å². The summed E-state index contributed by atoms with van der Waals surface area (Å²) in [5.74, 6) is 0.528. The van der Waals surface area contributed by atoms with Crippen molar-refractivity contribution in [2.24, 2.45) is 0 Å². The van der Waals surface area contributed by atoms with E-state index < -0.39 is 0 Å². The smallest absolute Gasteiger partial charge is 0.228 e. The molecule has 0 fully saturated rings. The van der Waals surface area contributed by atoms with E-state index >= 15 is 0 Å². The highest BCUT2D eigenvalue weighted by molar-refractivity contribution is 9.10. The Kier molecular flexibility index (Phi) is 3.20. The number of halogens is 2. The Morgan fingerprint density at radius 3 is 3.00 bits per heavy atom. The fourth-order valence-electron chi connectivity index (χ4n) is 1.88. The number of hydrogen-bond donors (Lipinski definition) is 2. The van der Waals surface area contributed by atoms with E-state index in [4.69, 9.17) is 11.6 Å². The van der Waals surface area contributed by atoms with E-state index in [1.165, 1.54) is 0 Å². The Balaban J connectivity index is 1.92. The normalized spacial score (nSPS) is 13.4. The minimum atomic E-state index is 0.516. The predicted octanol–water partition coefficient (Wildman–Crippen LogP) is 3.24. The van der Waals surface area contributed by atoms with Gasteiger partial charge in [0.2, 0.25) is 5.95 Å². The number of nitrogens with zero attached hydrogens (tertiary/aromatic N) is 2. The summed E-state index contributed by atoms with van der Waals surface area (Å²) in [4.78, 5) is 8.71. The van der Waals surface area contributed by atoms with Crippen LogP contribution in [0.2, 0.25) is 5.15 Å². The first kappa shape index (κ1) is 11.9. The number of hydrogen-bond acceptors (Lipinski definition) is 4. The number of fused-ring (bicyclic) bond motifs is 1. The lowest BCUT2D eigenvalue weighted by atomic mass is 10.3. The lowest BCUT2D eigenvalue weighted by Crippen LogP contribution is -2.02. The van der Waals surface area contributed by atoms with Crippen LogP contribution in [0.3, 0.4) is 0 Å². The summed E-state index contributed by atoms with van der Waals surface area (Å²) in [6, 6.07) is 7.82. The van der Waals surface area contributed by atoms with Gasteiger partial charge in [-0.2, -0.15) is 0 Å². The maximum Gasteiger partial charge on any atom is 0.228 e. The highest BCUT2D eigenvalue weighted by Gasteiger charge is 2.17. The number of nitrogens with one attached hydrogen (secondary N) is 2. The number of rotatable bonds is 2. The molecule has 6 heteroatoms. The summed E-state index contributed by atoms with van der Waals surface area (Å²) >= 11 is 9.55. The molecule has 18 heavy (non-hydrogen) atoms. The van der Waals surface area contributed by atoms with Gasteiger partial charge in [-0.05, 0) is 18.2 Å². The molecule has 0 saturated heterocycles. The van der Waals surface area contributed by atoms with Crippen molar-refractivity contribution >= 4 is 39.2 Å². The molecule has 2 aromatic rings. The van der Waals surface area contributed by atoms with E-state index in [-0.39, 0.29) is 0 Å². The fraction of sp³-hybridized carbons (Fsp3) is 0.167. The molecular formula is C12H10BrClN4. The van der Waals surface area contributed by atoms with Gasteiger partial charge in [0.15, 0.2) is 0 Å². The topological polar surface area (TPSA) is 49.8 Å². The maximum absolute atomic E-state index is 6.13. The highest BCUT2D eigenvalue weighted by atomic mass is 79.9. The molecule has 0 unspecified atom stereocenters. The van der Waals surface area contributed by atoms with Crippen LogP contribution in [0.25, 0.3) is 0 Å². The van der Waals surface area contributed by atoms with Crippen molar-refractivity contribution in [1.82, 2.24) is 15.3 Å². The number of anilines is 2. The fourth-order valence-corrected chi connectivity index (χ4v) is 2.53. The zero-order chi connectivity index (χ0) is 12.5. The van der Waals surface area contributed by atoms with E-state index in [1.54, 1.807) is 0 Å². The third-order valence-corrected chi connectivity index (χ3v) is 3.52. The van der Waals surface area contributed by atoms with Crippen LogP contribution < -0.4 is 10.6 Å². The van der Waals surface area contributed by atoms with Crippen molar-refractivity contribution in [2.45, 2.75) is 13.1 Å². The van der Waals surface area contributed by atoms with Crippen molar-refractivity contribution in [3.63, 3.8) is 0 Å². The van der Waals surface area contributed by atoms with E-state index in [0.717, 1.165) is 34.5 Å². The Bertz CT molecular complexity index is 603. The third-order valence-electron chi connectivity index (χ3n) is 2.72. The minimum absolute atomic E-state index is 0.516. The summed E-state index contributed by atoms with van der Waals surface area (Å²) in [5.41, 5.74) is 2.88. The molecule has 0 aliphatic carbocycles. The zero-order valence-electron chi connectivity index (χ0n) is 9.37. The average Bonchev–Trinajstić information content (AvgIpc) is 2.77. The van der Waals surface area contributed by atoms with E-state index in [9.17, 15) is 0 Å². The molecule has 0 atom stereocenters. The van der Waals surface area contributed by atoms with Gasteiger partial charge in [0, 0.05) is 28.8 Å². The van der Waals surface area contributed by atoms with E-state index in [2.05, 4.69) is 36.5 Å². The molecule has 4 nitrogen and oxygen atoms in total. The molecule has 2 heterocycles. The molecule has 0 radical (unpaired) electrons. The molecule has 0 spiro atoms. The van der Waals surface area contributed by atoms with E-state index in [0.29, 0.717) is 11.1 Å². The second kappa shape index (κ2) is 4.84. The largest absolute Gasteiger partial charge is 0.324 e. The monoisotopic (exact) mass is 324 g/mol. The van der Waals surface area contributed by atoms with Crippen LogP contribution in [-0.4, -0.2) is 9.97 Å². The molecule has 1 aromatic carbocycles. The van der Waals surface area contributed by atoms with Gasteiger partial charge in [0.25, 0.3) is 0 Å². The zero-order valence-corrected chi connectivity index (χ0v) is 11.7. The molecule has 1 aromatic heterocycles. The summed E-state index contributed by atoms with van der Waals surface area (Å²) in [7, 11) is 0. The van der Waals surface area contributed by atoms with Gasteiger partial charge in [0.05, 0.1) is 5.69 Å². The Labute approximate surface area is 118 Å². The van der Waals surface area contributed by atoms with Crippen LogP contribution in [-0.2, 0) is 13.1 Å². The second-order valence-corrected chi connectivity index (χ2v) is 5.28. The molecule has 2 N–H and O–H groups in total. The number of benzene rings is 1. The average molecular weight is 326 g/mol. The van der Waals surface area contributed by atoms with Gasteiger partial charge in [-0.15, -0.1) is 0 Å². The lowest BCUT2D eigenvalue weighted by Gasteiger charge is -2.07.